The summed E-state index contributed by atoms with van der Waals surface area (Å²) < 4.78 is 5.82. The molecule has 0 atom stereocenters. The quantitative estimate of drug-likeness (QED) is 0.793. The number of nitrogens with zero attached hydrogens (tertiary/aromatic N) is 1. The first-order chi connectivity index (χ1) is 8.77. The lowest BCUT2D eigenvalue weighted by Gasteiger charge is -2.10. The van der Waals surface area contributed by atoms with Crippen LogP contribution in [0.3, 0.4) is 0 Å². The average Bonchev–Trinajstić information content (AvgIpc) is 2.38. The highest BCUT2D eigenvalue weighted by molar-refractivity contribution is 5.84. The lowest BCUT2D eigenvalue weighted by molar-refractivity contribution is 0.309. The Hall–Kier alpha value is -1.61. The molecule has 0 unspecified atom stereocenters. The number of pyridine rings is 1. The molecular formula is C15H20N2O. The third-order valence-electron chi connectivity index (χ3n) is 2.74. The maximum absolute atomic E-state index is 5.82. The Morgan fingerprint density at radius 3 is 2.94 bits per heavy atom. The van der Waals surface area contributed by atoms with Crippen LogP contribution < -0.4 is 10.1 Å². The maximum atomic E-state index is 5.82. The molecule has 18 heavy (non-hydrogen) atoms. The van der Waals surface area contributed by atoms with Crippen LogP contribution in [0.2, 0.25) is 0 Å². The summed E-state index contributed by atoms with van der Waals surface area (Å²) in [6.07, 6.45) is 2.81. The van der Waals surface area contributed by atoms with Gasteiger partial charge in [0.1, 0.15) is 5.75 Å². The first-order valence-electron chi connectivity index (χ1n) is 6.47. The van der Waals surface area contributed by atoms with Gasteiger partial charge in [-0.25, -0.2) is 0 Å². The van der Waals surface area contributed by atoms with Gasteiger partial charge in [0.25, 0.3) is 0 Å². The topological polar surface area (TPSA) is 34.1 Å². The van der Waals surface area contributed by atoms with E-state index in [-0.39, 0.29) is 0 Å². The summed E-state index contributed by atoms with van der Waals surface area (Å²) in [5.74, 6) is 0.921. The number of hydrogen-bond acceptors (Lipinski definition) is 3. The third-order valence-corrected chi connectivity index (χ3v) is 2.74. The molecular weight excluding hydrogens is 224 g/mol. The Balaban J connectivity index is 1.91. The van der Waals surface area contributed by atoms with E-state index in [1.165, 1.54) is 0 Å². The second kappa shape index (κ2) is 6.36. The van der Waals surface area contributed by atoms with Crippen LogP contribution >= 0.6 is 0 Å². The summed E-state index contributed by atoms with van der Waals surface area (Å²) >= 11 is 0. The fourth-order valence-electron chi connectivity index (χ4n) is 1.85. The van der Waals surface area contributed by atoms with E-state index in [9.17, 15) is 0 Å². The van der Waals surface area contributed by atoms with Gasteiger partial charge in [0, 0.05) is 17.6 Å². The van der Waals surface area contributed by atoms with Crippen LogP contribution in [0.4, 0.5) is 0 Å². The van der Waals surface area contributed by atoms with Crippen molar-refractivity contribution in [1.29, 1.82) is 0 Å². The highest BCUT2D eigenvalue weighted by atomic mass is 16.5. The van der Waals surface area contributed by atoms with E-state index >= 15 is 0 Å². The summed E-state index contributed by atoms with van der Waals surface area (Å²) in [5.41, 5.74) is 0.982. The van der Waals surface area contributed by atoms with E-state index in [0.29, 0.717) is 6.04 Å². The van der Waals surface area contributed by atoms with Gasteiger partial charge in [0.2, 0.25) is 0 Å². The van der Waals surface area contributed by atoms with Crippen molar-refractivity contribution in [1.82, 2.24) is 10.3 Å². The second-order valence-electron chi connectivity index (χ2n) is 4.64. The molecule has 3 heteroatoms. The number of ether oxygens (including phenoxy) is 1. The Morgan fingerprint density at radius 1 is 1.22 bits per heavy atom. The zero-order chi connectivity index (χ0) is 12.8. The number of fused-ring (bicyclic) bond motifs is 1. The minimum atomic E-state index is 0.534. The van der Waals surface area contributed by atoms with E-state index in [0.717, 1.165) is 36.2 Å². The molecule has 0 aliphatic carbocycles. The van der Waals surface area contributed by atoms with Gasteiger partial charge in [-0.3, -0.25) is 4.98 Å². The van der Waals surface area contributed by atoms with Crippen molar-refractivity contribution in [3.8, 4) is 5.75 Å². The van der Waals surface area contributed by atoms with Gasteiger partial charge in [-0.1, -0.05) is 19.9 Å². The molecule has 3 nitrogen and oxygen atoms in total. The SMILES string of the molecule is CC(C)NCCCOc1cccc2ncccc12. The lowest BCUT2D eigenvalue weighted by Crippen LogP contribution is -2.24. The molecule has 1 aromatic carbocycles. The van der Waals surface area contributed by atoms with Crippen LogP contribution in [-0.4, -0.2) is 24.2 Å². The smallest absolute Gasteiger partial charge is 0.128 e. The first kappa shape index (κ1) is 12.8. The van der Waals surface area contributed by atoms with Crippen molar-refractivity contribution >= 4 is 10.9 Å². The number of hydrogen-bond donors (Lipinski definition) is 1. The molecule has 1 N–H and O–H groups in total. The monoisotopic (exact) mass is 244 g/mol. The summed E-state index contributed by atoms with van der Waals surface area (Å²) in [7, 11) is 0. The minimum absolute atomic E-state index is 0.534. The fraction of sp³-hybridized carbons (Fsp3) is 0.400. The van der Waals surface area contributed by atoms with Gasteiger partial charge in [0.15, 0.2) is 0 Å². The van der Waals surface area contributed by atoms with Crippen LogP contribution in [0.25, 0.3) is 10.9 Å². The van der Waals surface area contributed by atoms with Gasteiger partial charge in [-0.05, 0) is 37.2 Å². The number of benzene rings is 1. The van der Waals surface area contributed by atoms with Crippen molar-refractivity contribution in [2.24, 2.45) is 0 Å². The van der Waals surface area contributed by atoms with Crippen molar-refractivity contribution in [3.63, 3.8) is 0 Å². The van der Waals surface area contributed by atoms with Crippen LogP contribution in [0, 0.1) is 0 Å². The molecule has 0 amide bonds. The molecule has 2 rings (SSSR count). The van der Waals surface area contributed by atoms with Crippen molar-refractivity contribution < 1.29 is 4.74 Å². The van der Waals surface area contributed by atoms with E-state index in [1.807, 2.05) is 30.3 Å². The van der Waals surface area contributed by atoms with Crippen LogP contribution in [0.1, 0.15) is 20.3 Å². The molecule has 0 spiro atoms. The maximum Gasteiger partial charge on any atom is 0.128 e. The van der Waals surface area contributed by atoms with Gasteiger partial charge in [0.05, 0.1) is 12.1 Å². The van der Waals surface area contributed by atoms with Crippen molar-refractivity contribution in [3.05, 3.63) is 36.5 Å². The normalized spacial score (nSPS) is 11.1. The average molecular weight is 244 g/mol. The van der Waals surface area contributed by atoms with Crippen molar-refractivity contribution in [2.45, 2.75) is 26.3 Å². The van der Waals surface area contributed by atoms with E-state index in [2.05, 4.69) is 24.1 Å². The lowest BCUT2D eigenvalue weighted by atomic mass is 10.2. The minimum Gasteiger partial charge on any atom is -0.493 e. The molecule has 1 heterocycles. The third kappa shape index (κ3) is 3.44. The molecule has 0 aliphatic heterocycles. The van der Waals surface area contributed by atoms with E-state index in [1.54, 1.807) is 6.20 Å². The number of aromatic nitrogens is 1. The fourth-order valence-corrected chi connectivity index (χ4v) is 1.85. The second-order valence-corrected chi connectivity index (χ2v) is 4.64. The zero-order valence-corrected chi connectivity index (χ0v) is 11.0. The molecule has 2 aromatic rings. The predicted octanol–water partition coefficient (Wildman–Crippen LogP) is 3.00. The predicted molar refractivity (Wildman–Crippen MR) is 75.0 cm³/mol. The highest BCUT2D eigenvalue weighted by Crippen LogP contribution is 2.23. The van der Waals surface area contributed by atoms with Crippen LogP contribution in [-0.2, 0) is 0 Å². The Bertz CT molecular complexity index is 491. The first-order valence-corrected chi connectivity index (χ1v) is 6.47. The molecule has 0 radical (unpaired) electrons. The largest absolute Gasteiger partial charge is 0.493 e. The van der Waals surface area contributed by atoms with Gasteiger partial charge in [-0.2, -0.15) is 0 Å². The Morgan fingerprint density at radius 2 is 2.11 bits per heavy atom. The molecule has 0 bridgehead atoms. The van der Waals surface area contributed by atoms with Gasteiger partial charge < -0.3 is 10.1 Å². The van der Waals surface area contributed by atoms with Crippen molar-refractivity contribution in [2.75, 3.05) is 13.2 Å². The number of nitrogens with one attached hydrogen (secondary N) is 1. The highest BCUT2D eigenvalue weighted by Gasteiger charge is 2.01. The van der Waals surface area contributed by atoms with E-state index < -0.39 is 0 Å². The van der Waals surface area contributed by atoms with Crippen LogP contribution in [0.5, 0.6) is 5.75 Å². The Kier molecular flexibility index (Phi) is 4.53. The molecule has 0 fully saturated rings. The van der Waals surface area contributed by atoms with Crippen LogP contribution in [0.15, 0.2) is 36.5 Å². The van der Waals surface area contributed by atoms with Gasteiger partial charge >= 0.3 is 0 Å². The summed E-state index contributed by atoms with van der Waals surface area (Å²) in [4.78, 5) is 4.32. The molecule has 0 aliphatic rings. The summed E-state index contributed by atoms with van der Waals surface area (Å²) in [6.45, 7) is 6.02. The molecule has 0 saturated heterocycles. The summed E-state index contributed by atoms with van der Waals surface area (Å²) in [6, 6.07) is 10.5. The zero-order valence-electron chi connectivity index (χ0n) is 11.0. The standard InChI is InChI=1S/C15H20N2O/c1-12(2)16-10-5-11-18-15-8-3-7-14-13(15)6-4-9-17-14/h3-4,6-9,12,16H,5,10-11H2,1-2H3. The van der Waals surface area contributed by atoms with Gasteiger partial charge in [-0.15, -0.1) is 0 Å². The molecule has 96 valence electrons. The number of rotatable bonds is 6. The van der Waals surface area contributed by atoms with E-state index in [4.69, 9.17) is 4.74 Å². The summed E-state index contributed by atoms with van der Waals surface area (Å²) in [5, 5.41) is 4.46. The Labute approximate surface area is 108 Å². The molecule has 1 aromatic heterocycles. The molecule has 0 saturated carbocycles.